The smallest absolute Gasteiger partial charge is 0.285 e. The molecule has 4 nitrogen and oxygen atoms in total. The van der Waals surface area contributed by atoms with Crippen LogP contribution < -0.4 is 4.74 Å². The Labute approximate surface area is 157 Å². The zero-order valence-electron chi connectivity index (χ0n) is 14.0. The molecule has 0 saturated carbocycles. The molecule has 6 heteroatoms. The summed E-state index contributed by atoms with van der Waals surface area (Å²) < 4.78 is 35.0. The molecule has 0 atom stereocenters. The van der Waals surface area contributed by atoms with Crippen molar-refractivity contribution in [3.8, 4) is 5.75 Å². The third-order valence-corrected chi connectivity index (χ3v) is 5.10. The average molecular weight is 386 g/mol. The van der Waals surface area contributed by atoms with Crippen LogP contribution in [0.1, 0.15) is 11.1 Å². The zero-order chi connectivity index (χ0) is 18.6. The number of sulfonamides is 1. The Balaban J connectivity index is 2.03. The third kappa shape index (κ3) is 4.50. The van der Waals surface area contributed by atoms with E-state index in [4.69, 9.17) is 16.3 Å². The maximum atomic E-state index is 12.7. The third-order valence-electron chi connectivity index (χ3n) is 3.57. The lowest BCUT2D eigenvalue weighted by atomic mass is 10.2. The molecule has 0 radical (unpaired) electrons. The van der Waals surface area contributed by atoms with Crippen LogP contribution in [0.15, 0.2) is 88.2 Å². The first kappa shape index (κ1) is 18.2. The molecule has 132 valence electrons. The van der Waals surface area contributed by atoms with E-state index < -0.39 is 10.0 Å². The lowest BCUT2D eigenvalue weighted by Gasteiger charge is -2.10. The summed E-state index contributed by atoms with van der Waals surface area (Å²) in [6.45, 7) is 1.96. The van der Waals surface area contributed by atoms with Gasteiger partial charge in [0.1, 0.15) is 5.75 Å². The fourth-order valence-electron chi connectivity index (χ4n) is 2.20. The molecule has 3 aromatic rings. The van der Waals surface area contributed by atoms with Crippen molar-refractivity contribution in [3.63, 3.8) is 0 Å². The summed E-state index contributed by atoms with van der Waals surface area (Å²) in [7, 11) is -3.95. The van der Waals surface area contributed by atoms with Gasteiger partial charge in [-0.25, -0.2) is 0 Å². The predicted octanol–water partition coefficient (Wildman–Crippen LogP) is 4.86. The average Bonchev–Trinajstić information content (AvgIpc) is 2.64. The first-order chi connectivity index (χ1) is 12.4. The second kappa shape index (κ2) is 7.72. The number of rotatable bonds is 4. The van der Waals surface area contributed by atoms with E-state index in [1.54, 1.807) is 36.4 Å². The first-order valence-electron chi connectivity index (χ1n) is 7.84. The Morgan fingerprint density at radius 1 is 0.885 bits per heavy atom. The highest BCUT2D eigenvalue weighted by atomic mass is 35.5. The van der Waals surface area contributed by atoms with Gasteiger partial charge in [-0.2, -0.15) is 8.42 Å². The standard InChI is InChI=1S/C20H16ClNO3S/c1-15-7-11-18(12-8-15)25-20(16-5-3-2-4-6-16)22-26(23,24)19-13-9-17(21)10-14-19/h2-14H,1H3. The normalized spacial score (nSPS) is 12.0. The van der Waals surface area contributed by atoms with Gasteiger partial charge < -0.3 is 4.74 Å². The SMILES string of the molecule is Cc1ccc(OC(=NS(=O)(=O)c2ccc(Cl)cc2)c2ccccc2)cc1. The van der Waals surface area contributed by atoms with Gasteiger partial charge in [-0.05, 0) is 55.5 Å². The summed E-state index contributed by atoms with van der Waals surface area (Å²) in [4.78, 5) is 0.0443. The Morgan fingerprint density at radius 3 is 2.12 bits per heavy atom. The molecular weight excluding hydrogens is 370 g/mol. The molecule has 0 bridgehead atoms. The Bertz CT molecular complexity index is 1010. The molecule has 0 aromatic heterocycles. The van der Waals surface area contributed by atoms with Crippen molar-refractivity contribution in [1.29, 1.82) is 0 Å². The van der Waals surface area contributed by atoms with Crippen LogP contribution in [0.4, 0.5) is 0 Å². The van der Waals surface area contributed by atoms with Crippen molar-refractivity contribution < 1.29 is 13.2 Å². The first-order valence-corrected chi connectivity index (χ1v) is 9.66. The monoisotopic (exact) mass is 385 g/mol. The van der Waals surface area contributed by atoms with Crippen LogP contribution in [0.3, 0.4) is 0 Å². The van der Waals surface area contributed by atoms with Crippen LogP contribution in [-0.2, 0) is 10.0 Å². The summed E-state index contributed by atoms with van der Waals surface area (Å²) in [5, 5.41) is 0.451. The molecule has 0 aliphatic rings. The van der Waals surface area contributed by atoms with E-state index in [-0.39, 0.29) is 10.8 Å². The van der Waals surface area contributed by atoms with Crippen LogP contribution in [-0.4, -0.2) is 14.3 Å². The second-order valence-electron chi connectivity index (χ2n) is 5.61. The molecular formula is C20H16ClNO3S. The molecule has 3 rings (SSSR count). The highest BCUT2D eigenvalue weighted by molar-refractivity contribution is 7.90. The van der Waals surface area contributed by atoms with Crippen molar-refractivity contribution in [1.82, 2.24) is 0 Å². The lowest BCUT2D eigenvalue weighted by molar-refractivity contribution is 0.550. The van der Waals surface area contributed by atoms with Gasteiger partial charge in [-0.3, -0.25) is 0 Å². The van der Waals surface area contributed by atoms with Crippen molar-refractivity contribution in [3.05, 3.63) is 95.0 Å². The van der Waals surface area contributed by atoms with E-state index >= 15 is 0 Å². The summed E-state index contributed by atoms with van der Waals surface area (Å²) in [5.41, 5.74) is 1.63. The van der Waals surface area contributed by atoms with Crippen LogP contribution in [0, 0.1) is 6.92 Å². The summed E-state index contributed by atoms with van der Waals surface area (Å²) in [6, 6.07) is 22.0. The van der Waals surface area contributed by atoms with Crippen LogP contribution in [0.2, 0.25) is 5.02 Å². The van der Waals surface area contributed by atoms with Gasteiger partial charge in [-0.15, -0.1) is 4.40 Å². The second-order valence-corrected chi connectivity index (χ2v) is 7.65. The highest BCUT2D eigenvalue weighted by Gasteiger charge is 2.17. The summed E-state index contributed by atoms with van der Waals surface area (Å²) in [6.07, 6.45) is 0. The summed E-state index contributed by atoms with van der Waals surface area (Å²) >= 11 is 5.83. The van der Waals surface area contributed by atoms with Crippen molar-refractivity contribution in [2.24, 2.45) is 4.40 Å². The topological polar surface area (TPSA) is 55.7 Å². The number of nitrogens with zero attached hydrogens (tertiary/aromatic N) is 1. The molecule has 0 heterocycles. The maximum Gasteiger partial charge on any atom is 0.285 e. The van der Waals surface area contributed by atoms with E-state index in [9.17, 15) is 8.42 Å². The number of ether oxygens (including phenoxy) is 1. The molecule has 0 amide bonds. The van der Waals surface area contributed by atoms with E-state index in [0.717, 1.165) is 5.56 Å². The Kier molecular flexibility index (Phi) is 5.40. The maximum absolute atomic E-state index is 12.7. The largest absolute Gasteiger partial charge is 0.438 e. The van der Waals surface area contributed by atoms with Crippen molar-refractivity contribution in [2.45, 2.75) is 11.8 Å². The molecule has 0 fully saturated rings. The van der Waals surface area contributed by atoms with Crippen molar-refractivity contribution in [2.75, 3.05) is 0 Å². The Morgan fingerprint density at radius 2 is 1.50 bits per heavy atom. The van der Waals surface area contributed by atoms with Gasteiger partial charge in [0.15, 0.2) is 0 Å². The highest BCUT2D eigenvalue weighted by Crippen LogP contribution is 2.19. The van der Waals surface area contributed by atoms with Gasteiger partial charge >= 0.3 is 0 Å². The molecule has 0 aliphatic carbocycles. The number of benzene rings is 3. The van der Waals surface area contributed by atoms with E-state index in [2.05, 4.69) is 4.40 Å². The van der Waals surface area contributed by atoms with Crippen molar-refractivity contribution >= 4 is 27.5 Å². The minimum atomic E-state index is -3.95. The van der Waals surface area contributed by atoms with E-state index in [1.165, 1.54) is 24.3 Å². The number of aryl methyl sites for hydroxylation is 1. The molecule has 0 unspecified atom stereocenters. The van der Waals surface area contributed by atoms with E-state index in [0.29, 0.717) is 16.3 Å². The zero-order valence-corrected chi connectivity index (χ0v) is 15.5. The van der Waals surface area contributed by atoms with Gasteiger partial charge in [0.2, 0.25) is 5.90 Å². The lowest BCUT2D eigenvalue weighted by Crippen LogP contribution is -2.13. The van der Waals surface area contributed by atoms with Gasteiger partial charge in [-0.1, -0.05) is 47.5 Å². The fourth-order valence-corrected chi connectivity index (χ4v) is 3.27. The van der Waals surface area contributed by atoms with Gasteiger partial charge in [0, 0.05) is 10.6 Å². The quantitative estimate of drug-likeness (QED) is 0.476. The van der Waals surface area contributed by atoms with Crippen LogP contribution in [0.25, 0.3) is 0 Å². The van der Waals surface area contributed by atoms with Crippen LogP contribution >= 0.6 is 11.6 Å². The predicted molar refractivity (Wildman–Crippen MR) is 103 cm³/mol. The minimum absolute atomic E-state index is 0.00408. The molecule has 0 saturated heterocycles. The molecule has 26 heavy (non-hydrogen) atoms. The van der Waals surface area contributed by atoms with Gasteiger partial charge in [0.05, 0.1) is 4.90 Å². The van der Waals surface area contributed by atoms with Gasteiger partial charge in [0.25, 0.3) is 10.0 Å². The van der Waals surface area contributed by atoms with Crippen LogP contribution in [0.5, 0.6) is 5.75 Å². The molecule has 3 aromatic carbocycles. The summed E-state index contributed by atoms with van der Waals surface area (Å²) in [5.74, 6) is 0.508. The number of hydrogen-bond donors (Lipinski definition) is 0. The molecule has 0 N–H and O–H groups in total. The minimum Gasteiger partial charge on any atom is -0.438 e. The fraction of sp³-hybridized carbons (Fsp3) is 0.0500. The number of halogens is 1. The molecule has 0 aliphatic heterocycles. The number of hydrogen-bond acceptors (Lipinski definition) is 3. The Hall–Kier alpha value is -2.63. The van der Waals surface area contributed by atoms with E-state index in [1.807, 2.05) is 25.1 Å². The molecule has 0 spiro atoms.